The summed E-state index contributed by atoms with van der Waals surface area (Å²) in [5, 5.41) is 0. The van der Waals surface area contributed by atoms with E-state index in [0.717, 1.165) is 19.4 Å². The molecule has 1 amide bonds. The van der Waals surface area contributed by atoms with Crippen LogP contribution in [0.5, 0.6) is 0 Å². The molecule has 1 saturated carbocycles. The van der Waals surface area contributed by atoms with Crippen LogP contribution in [-0.2, 0) is 14.3 Å². The molecule has 0 aromatic rings. The summed E-state index contributed by atoms with van der Waals surface area (Å²) >= 11 is 0. The van der Waals surface area contributed by atoms with Crippen molar-refractivity contribution in [3.8, 4) is 0 Å². The number of carbonyl (C=O) groups excluding carboxylic acids is 2. The number of ether oxygens (including phenoxy) is 1. The standard InChI is InChI=1S/C16H27NO3/c1-6-20-14(19)11-8-7-9-17(10-11)13(18)12-15(2,3)16(12,4)5/h11-12H,6-10H2,1-5H3/t11-/m1/s1. The van der Waals surface area contributed by atoms with Crippen molar-refractivity contribution >= 4 is 11.9 Å². The van der Waals surface area contributed by atoms with Crippen LogP contribution in [0.3, 0.4) is 0 Å². The Balaban J connectivity index is 2.00. The second kappa shape index (κ2) is 5.05. The number of likely N-dealkylation sites (tertiary alicyclic amines) is 1. The van der Waals surface area contributed by atoms with Gasteiger partial charge in [-0.3, -0.25) is 9.59 Å². The van der Waals surface area contributed by atoms with Crippen molar-refractivity contribution in [1.82, 2.24) is 4.90 Å². The first-order valence-corrected chi connectivity index (χ1v) is 7.69. The quantitative estimate of drug-likeness (QED) is 0.747. The van der Waals surface area contributed by atoms with Gasteiger partial charge in [0, 0.05) is 19.0 Å². The summed E-state index contributed by atoms with van der Waals surface area (Å²) in [6.07, 6.45) is 1.73. The molecule has 2 aliphatic rings. The zero-order valence-electron chi connectivity index (χ0n) is 13.4. The SMILES string of the molecule is CCOC(=O)[C@@H]1CCCN(C(=O)C2C(C)(C)C2(C)C)C1. The molecule has 0 unspecified atom stereocenters. The fourth-order valence-electron chi connectivity index (χ4n) is 3.63. The van der Waals surface area contributed by atoms with E-state index >= 15 is 0 Å². The molecule has 0 N–H and O–H groups in total. The van der Waals surface area contributed by atoms with Gasteiger partial charge in [0.15, 0.2) is 0 Å². The molecule has 4 nitrogen and oxygen atoms in total. The van der Waals surface area contributed by atoms with Crippen LogP contribution in [-0.4, -0.2) is 36.5 Å². The highest BCUT2D eigenvalue weighted by Gasteiger charge is 2.68. The number of carbonyl (C=O) groups is 2. The lowest BCUT2D eigenvalue weighted by atomic mass is 9.97. The highest BCUT2D eigenvalue weighted by Crippen LogP contribution is 2.68. The lowest BCUT2D eigenvalue weighted by Crippen LogP contribution is -2.44. The van der Waals surface area contributed by atoms with Gasteiger partial charge in [0.1, 0.15) is 0 Å². The van der Waals surface area contributed by atoms with Crippen LogP contribution >= 0.6 is 0 Å². The summed E-state index contributed by atoms with van der Waals surface area (Å²) in [6, 6.07) is 0. The van der Waals surface area contributed by atoms with Gasteiger partial charge in [-0.25, -0.2) is 0 Å². The van der Waals surface area contributed by atoms with Gasteiger partial charge in [-0.1, -0.05) is 27.7 Å². The number of esters is 1. The first-order chi connectivity index (χ1) is 9.23. The fourth-order valence-corrected chi connectivity index (χ4v) is 3.63. The third-order valence-corrected chi connectivity index (χ3v) is 5.62. The number of nitrogens with zero attached hydrogens (tertiary/aromatic N) is 1. The van der Waals surface area contributed by atoms with E-state index in [2.05, 4.69) is 27.7 Å². The van der Waals surface area contributed by atoms with Gasteiger partial charge in [0.2, 0.25) is 5.91 Å². The lowest BCUT2D eigenvalue weighted by Gasteiger charge is -2.32. The molecule has 2 rings (SSSR count). The van der Waals surface area contributed by atoms with Crippen LogP contribution in [0.2, 0.25) is 0 Å². The van der Waals surface area contributed by atoms with Gasteiger partial charge in [0.05, 0.1) is 12.5 Å². The molecule has 1 aliphatic carbocycles. The molecule has 1 saturated heterocycles. The van der Waals surface area contributed by atoms with Crippen LogP contribution in [0.1, 0.15) is 47.5 Å². The largest absolute Gasteiger partial charge is 0.466 e. The Hall–Kier alpha value is -1.06. The van der Waals surface area contributed by atoms with E-state index in [1.54, 1.807) is 0 Å². The predicted octanol–water partition coefficient (Wildman–Crippen LogP) is 2.47. The number of amides is 1. The van der Waals surface area contributed by atoms with Crippen LogP contribution < -0.4 is 0 Å². The van der Waals surface area contributed by atoms with E-state index in [1.165, 1.54) is 0 Å². The molecule has 0 radical (unpaired) electrons. The first-order valence-electron chi connectivity index (χ1n) is 7.69. The van der Waals surface area contributed by atoms with Crippen molar-refractivity contribution in [3.63, 3.8) is 0 Å². The smallest absolute Gasteiger partial charge is 0.310 e. The van der Waals surface area contributed by atoms with Crippen LogP contribution in [0.25, 0.3) is 0 Å². The Kier molecular flexibility index (Phi) is 3.87. The van der Waals surface area contributed by atoms with Crippen LogP contribution in [0.15, 0.2) is 0 Å². The van der Waals surface area contributed by atoms with Gasteiger partial charge < -0.3 is 9.64 Å². The Morgan fingerprint density at radius 3 is 2.30 bits per heavy atom. The molecule has 4 heteroatoms. The molecule has 1 aliphatic heterocycles. The highest BCUT2D eigenvalue weighted by atomic mass is 16.5. The van der Waals surface area contributed by atoms with Crippen molar-refractivity contribution in [1.29, 1.82) is 0 Å². The molecule has 1 atom stereocenters. The second-order valence-electron chi connectivity index (χ2n) is 7.25. The monoisotopic (exact) mass is 281 g/mol. The minimum atomic E-state index is -0.153. The van der Waals surface area contributed by atoms with E-state index in [4.69, 9.17) is 4.74 Å². The van der Waals surface area contributed by atoms with Crippen molar-refractivity contribution in [2.24, 2.45) is 22.7 Å². The van der Waals surface area contributed by atoms with Crippen molar-refractivity contribution in [2.75, 3.05) is 19.7 Å². The minimum absolute atomic E-state index is 0.0565. The average Bonchev–Trinajstić information content (AvgIpc) is 2.79. The zero-order chi connectivity index (χ0) is 15.1. The lowest BCUT2D eigenvalue weighted by molar-refractivity contribution is -0.151. The molecule has 2 fully saturated rings. The molecule has 1 heterocycles. The van der Waals surface area contributed by atoms with Gasteiger partial charge in [-0.2, -0.15) is 0 Å². The van der Waals surface area contributed by atoms with E-state index in [9.17, 15) is 9.59 Å². The topological polar surface area (TPSA) is 46.6 Å². The maximum absolute atomic E-state index is 12.7. The molecule has 0 bridgehead atoms. The minimum Gasteiger partial charge on any atom is -0.466 e. The van der Waals surface area contributed by atoms with Crippen molar-refractivity contribution in [2.45, 2.75) is 47.5 Å². The third kappa shape index (κ3) is 2.33. The van der Waals surface area contributed by atoms with Gasteiger partial charge in [0.25, 0.3) is 0 Å². The Morgan fingerprint density at radius 2 is 1.80 bits per heavy atom. The summed E-state index contributed by atoms with van der Waals surface area (Å²) in [5.74, 6) is 0.00175. The van der Waals surface area contributed by atoms with E-state index in [-0.39, 0.29) is 34.5 Å². The van der Waals surface area contributed by atoms with E-state index in [1.807, 2.05) is 11.8 Å². The first kappa shape index (κ1) is 15.3. The summed E-state index contributed by atoms with van der Waals surface area (Å²) < 4.78 is 5.09. The Labute approximate surface area is 121 Å². The van der Waals surface area contributed by atoms with E-state index in [0.29, 0.717) is 13.2 Å². The molecule has 0 aromatic heterocycles. The number of hydrogen-bond acceptors (Lipinski definition) is 3. The highest BCUT2D eigenvalue weighted by molar-refractivity contribution is 5.85. The number of hydrogen-bond donors (Lipinski definition) is 0. The summed E-state index contributed by atoms with van der Waals surface area (Å²) in [5.41, 5.74) is 0.113. The molecule has 0 aromatic carbocycles. The Morgan fingerprint density at radius 1 is 1.20 bits per heavy atom. The average molecular weight is 281 g/mol. The maximum atomic E-state index is 12.7. The number of rotatable bonds is 3. The number of piperidine rings is 1. The second-order valence-corrected chi connectivity index (χ2v) is 7.25. The van der Waals surface area contributed by atoms with Crippen molar-refractivity contribution in [3.05, 3.63) is 0 Å². The molecule has 20 heavy (non-hydrogen) atoms. The van der Waals surface area contributed by atoms with Gasteiger partial charge in [-0.15, -0.1) is 0 Å². The zero-order valence-corrected chi connectivity index (χ0v) is 13.4. The van der Waals surface area contributed by atoms with Crippen LogP contribution in [0.4, 0.5) is 0 Å². The normalized spacial score (nSPS) is 28.1. The molecular weight excluding hydrogens is 254 g/mol. The van der Waals surface area contributed by atoms with Gasteiger partial charge in [-0.05, 0) is 30.6 Å². The summed E-state index contributed by atoms with van der Waals surface area (Å²) in [7, 11) is 0. The molecule has 0 spiro atoms. The van der Waals surface area contributed by atoms with Crippen molar-refractivity contribution < 1.29 is 14.3 Å². The molecule has 114 valence electrons. The fraction of sp³-hybridized carbons (Fsp3) is 0.875. The summed E-state index contributed by atoms with van der Waals surface area (Å²) in [4.78, 5) is 26.4. The van der Waals surface area contributed by atoms with Gasteiger partial charge >= 0.3 is 5.97 Å². The molecular formula is C16H27NO3. The Bertz CT molecular complexity index is 400. The third-order valence-electron chi connectivity index (χ3n) is 5.62. The van der Waals surface area contributed by atoms with Crippen LogP contribution in [0, 0.1) is 22.7 Å². The predicted molar refractivity (Wildman–Crippen MR) is 77.0 cm³/mol. The maximum Gasteiger partial charge on any atom is 0.310 e. The van der Waals surface area contributed by atoms with E-state index < -0.39 is 0 Å². The summed E-state index contributed by atoms with van der Waals surface area (Å²) in [6.45, 7) is 12.2.